The molecule has 4 rings (SSSR count). The summed E-state index contributed by atoms with van der Waals surface area (Å²) in [4.78, 5) is 26.9. The molecule has 1 aliphatic carbocycles. The maximum atomic E-state index is 14.2. The molecule has 1 saturated carbocycles. The van der Waals surface area contributed by atoms with Crippen molar-refractivity contribution < 1.29 is 23.1 Å². The van der Waals surface area contributed by atoms with Crippen LogP contribution in [0.25, 0.3) is 0 Å². The van der Waals surface area contributed by atoms with Crippen molar-refractivity contribution in [3.05, 3.63) is 59.2 Å². The van der Waals surface area contributed by atoms with Crippen molar-refractivity contribution in [1.29, 1.82) is 0 Å². The predicted octanol–water partition coefficient (Wildman–Crippen LogP) is 4.71. The first kappa shape index (κ1) is 25.3. The zero-order chi connectivity index (χ0) is 25.1. The fourth-order valence-electron chi connectivity index (χ4n) is 4.34. The molecule has 2 atom stereocenters. The van der Waals surface area contributed by atoms with Crippen LogP contribution in [0.3, 0.4) is 0 Å². The lowest BCUT2D eigenvalue weighted by atomic mass is 10.0. The van der Waals surface area contributed by atoms with E-state index >= 15 is 0 Å². The molecule has 0 bridgehead atoms. The number of hydrogen-bond donors (Lipinski definition) is 2. The van der Waals surface area contributed by atoms with Crippen molar-refractivity contribution in [2.24, 2.45) is 5.92 Å². The van der Waals surface area contributed by atoms with Gasteiger partial charge in [0.1, 0.15) is 17.7 Å². The van der Waals surface area contributed by atoms with Crippen LogP contribution in [0.15, 0.2) is 36.4 Å². The Morgan fingerprint density at radius 2 is 1.71 bits per heavy atom. The number of anilines is 2. The average Bonchev–Trinajstić information content (AvgIpc) is 3.58. The minimum atomic E-state index is -0.702. The van der Waals surface area contributed by atoms with Gasteiger partial charge in [0.2, 0.25) is 5.91 Å². The summed E-state index contributed by atoms with van der Waals surface area (Å²) in [7, 11) is 1.89. The Labute approximate surface area is 205 Å². The van der Waals surface area contributed by atoms with Crippen LogP contribution in [0.2, 0.25) is 0 Å². The molecule has 2 fully saturated rings. The maximum absolute atomic E-state index is 14.2. The summed E-state index contributed by atoms with van der Waals surface area (Å²) in [5.74, 6) is -0.631. The fourth-order valence-corrected chi connectivity index (χ4v) is 4.34. The van der Waals surface area contributed by atoms with Crippen LogP contribution < -0.4 is 10.6 Å². The number of carbonyl (C=O) groups is 2. The number of nitrogens with zero attached hydrogens (tertiary/aromatic N) is 1. The van der Waals surface area contributed by atoms with Gasteiger partial charge < -0.3 is 15.4 Å². The van der Waals surface area contributed by atoms with E-state index in [9.17, 15) is 18.4 Å². The number of benzene rings is 2. The third kappa shape index (κ3) is 7.08. The number of amides is 2. The van der Waals surface area contributed by atoms with Gasteiger partial charge in [-0.3, -0.25) is 14.5 Å². The van der Waals surface area contributed by atoms with E-state index in [-0.39, 0.29) is 30.4 Å². The van der Waals surface area contributed by atoms with E-state index in [0.29, 0.717) is 36.7 Å². The second-order valence-electron chi connectivity index (χ2n) is 10.1. The Kier molecular flexibility index (Phi) is 7.82. The molecule has 0 spiro atoms. The smallest absolute Gasteiger partial charge is 0.254 e. The molecule has 1 heterocycles. The van der Waals surface area contributed by atoms with Gasteiger partial charge in [0, 0.05) is 30.4 Å². The van der Waals surface area contributed by atoms with Gasteiger partial charge in [-0.05, 0) is 85.7 Å². The summed E-state index contributed by atoms with van der Waals surface area (Å²) >= 11 is 0. The Bertz CT molecular complexity index is 1090. The van der Waals surface area contributed by atoms with Gasteiger partial charge in [0.15, 0.2) is 0 Å². The van der Waals surface area contributed by atoms with E-state index in [1.165, 1.54) is 24.3 Å². The molecule has 0 radical (unpaired) electrons. The van der Waals surface area contributed by atoms with Gasteiger partial charge in [0.05, 0.1) is 6.61 Å². The summed E-state index contributed by atoms with van der Waals surface area (Å²) in [5.41, 5.74) is 2.41. The SMILES string of the molecule is CC(C)c1cc(F)cc(NC(=O)C2CN(C)C(Cc3cc(F)cc(NC(=O)CC4CC4)c3)CO2)c1. The van der Waals surface area contributed by atoms with E-state index < -0.39 is 17.7 Å². The third-order valence-corrected chi connectivity index (χ3v) is 6.60. The first-order valence-electron chi connectivity index (χ1n) is 12.2. The number of ether oxygens (including phenoxy) is 1. The van der Waals surface area contributed by atoms with Crippen molar-refractivity contribution in [2.45, 2.75) is 57.6 Å². The topological polar surface area (TPSA) is 70.7 Å². The zero-order valence-electron chi connectivity index (χ0n) is 20.4. The Morgan fingerprint density at radius 1 is 1.03 bits per heavy atom. The highest BCUT2D eigenvalue weighted by Crippen LogP contribution is 2.32. The van der Waals surface area contributed by atoms with Gasteiger partial charge in [-0.2, -0.15) is 0 Å². The van der Waals surface area contributed by atoms with E-state index in [0.717, 1.165) is 24.0 Å². The Morgan fingerprint density at radius 3 is 2.37 bits per heavy atom. The second kappa shape index (κ2) is 10.8. The number of likely N-dealkylation sites (N-methyl/N-ethyl adjacent to an activating group) is 1. The molecule has 1 saturated heterocycles. The molecule has 8 heteroatoms. The standard InChI is InChI=1S/C27H33F2N3O3/c1-16(2)19-10-21(29)13-23(11-19)31-27(34)25-14-32(3)24(15-35-25)8-18-6-20(28)12-22(7-18)30-26(33)9-17-4-5-17/h6-7,10-13,16-17,24-25H,4-5,8-9,14-15H2,1-3H3,(H,30,33)(H,31,34). The molecule has 2 N–H and O–H groups in total. The minimum Gasteiger partial charge on any atom is -0.365 e. The number of morpholine rings is 1. The second-order valence-corrected chi connectivity index (χ2v) is 10.1. The first-order chi connectivity index (χ1) is 16.7. The van der Waals surface area contributed by atoms with Crippen molar-refractivity contribution in [2.75, 3.05) is 30.8 Å². The fraction of sp³-hybridized carbons (Fsp3) is 0.481. The van der Waals surface area contributed by atoms with Gasteiger partial charge in [0.25, 0.3) is 5.91 Å². The summed E-state index contributed by atoms with van der Waals surface area (Å²) in [5, 5.41) is 5.56. The Balaban J connectivity index is 1.33. The number of nitrogens with one attached hydrogen (secondary N) is 2. The van der Waals surface area contributed by atoms with Crippen LogP contribution in [-0.4, -0.2) is 49.1 Å². The van der Waals surface area contributed by atoms with Crippen LogP contribution in [-0.2, 0) is 20.7 Å². The van der Waals surface area contributed by atoms with Gasteiger partial charge in [-0.25, -0.2) is 8.78 Å². The number of halogens is 2. The molecule has 188 valence electrons. The molecule has 2 amide bonds. The molecule has 2 aromatic carbocycles. The van der Waals surface area contributed by atoms with Gasteiger partial charge >= 0.3 is 0 Å². The lowest BCUT2D eigenvalue weighted by Crippen LogP contribution is -2.52. The van der Waals surface area contributed by atoms with Gasteiger partial charge in [-0.15, -0.1) is 0 Å². The molecule has 6 nitrogen and oxygen atoms in total. The number of rotatable bonds is 8. The monoisotopic (exact) mass is 485 g/mol. The van der Waals surface area contributed by atoms with Crippen molar-refractivity contribution >= 4 is 23.2 Å². The zero-order valence-corrected chi connectivity index (χ0v) is 20.4. The Hall–Kier alpha value is -2.84. The highest BCUT2D eigenvalue weighted by molar-refractivity contribution is 5.94. The molecule has 2 unspecified atom stereocenters. The molecular formula is C27H33F2N3O3. The van der Waals surface area contributed by atoms with Crippen molar-refractivity contribution in [3.63, 3.8) is 0 Å². The summed E-state index contributed by atoms with van der Waals surface area (Å²) in [6.45, 7) is 4.56. The van der Waals surface area contributed by atoms with Crippen LogP contribution in [0.4, 0.5) is 20.2 Å². The normalized spacial score (nSPS) is 20.6. The van der Waals surface area contributed by atoms with E-state index in [1.54, 1.807) is 12.1 Å². The maximum Gasteiger partial charge on any atom is 0.254 e. The molecule has 2 aromatic rings. The van der Waals surface area contributed by atoms with Crippen LogP contribution in [0.5, 0.6) is 0 Å². The van der Waals surface area contributed by atoms with Crippen LogP contribution >= 0.6 is 0 Å². The van der Waals surface area contributed by atoms with E-state index in [2.05, 4.69) is 10.6 Å². The highest BCUT2D eigenvalue weighted by atomic mass is 19.1. The summed E-state index contributed by atoms with van der Waals surface area (Å²) in [6, 6.07) is 9.04. The minimum absolute atomic E-state index is 0.0578. The highest BCUT2D eigenvalue weighted by Gasteiger charge is 2.31. The number of hydrogen-bond acceptors (Lipinski definition) is 4. The molecule has 1 aliphatic heterocycles. The van der Waals surface area contributed by atoms with Crippen molar-refractivity contribution in [1.82, 2.24) is 4.90 Å². The average molecular weight is 486 g/mol. The van der Waals surface area contributed by atoms with Crippen LogP contribution in [0.1, 0.15) is 50.2 Å². The summed E-state index contributed by atoms with van der Waals surface area (Å²) < 4.78 is 34.0. The predicted molar refractivity (Wildman–Crippen MR) is 131 cm³/mol. The van der Waals surface area contributed by atoms with E-state index in [1.807, 2.05) is 25.8 Å². The number of carbonyl (C=O) groups excluding carboxylic acids is 2. The quantitative estimate of drug-likeness (QED) is 0.568. The summed E-state index contributed by atoms with van der Waals surface area (Å²) in [6.07, 6.45) is 2.44. The molecule has 35 heavy (non-hydrogen) atoms. The first-order valence-corrected chi connectivity index (χ1v) is 12.2. The molecule has 2 aliphatic rings. The van der Waals surface area contributed by atoms with Crippen molar-refractivity contribution in [3.8, 4) is 0 Å². The largest absolute Gasteiger partial charge is 0.365 e. The third-order valence-electron chi connectivity index (χ3n) is 6.60. The lowest BCUT2D eigenvalue weighted by molar-refractivity contribution is -0.135. The van der Waals surface area contributed by atoms with E-state index in [4.69, 9.17) is 4.74 Å². The van der Waals surface area contributed by atoms with Crippen LogP contribution in [0, 0.1) is 17.6 Å². The molecular weight excluding hydrogens is 452 g/mol. The lowest BCUT2D eigenvalue weighted by Gasteiger charge is -2.36. The molecule has 0 aromatic heterocycles. The van der Waals surface area contributed by atoms with Gasteiger partial charge in [-0.1, -0.05) is 13.8 Å².